The quantitative estimate of drug-likeness (QED) is 0.537. The van der Waals surface area contributed by atoms with E-state index >= 15 is 0 Å². The van der Waals surface area contributed by atoms with Gasteiger partial charge in [0.1, 0.15) is 0 Å². The molecular weight excluding hydrogens is 250 g/mol. The first-order chi connectivity index (χ1) is 8.67. The first-order valence-electron chi connectivity index (χ1n) is 6.26. The molecule has 0 aliphatic heterocycles. The van der Waals surface area contributed by atoms with Crippen LogP contribution in [0.3, 0.4) is 0 Å². The molecule has 1 rings (SSSR count). The Morgan fingerprint density at radius 3 is 2.78 bits per heavy atom. The van der Waals surface area contributed by atoms with Crippen LogP contribution in [-0.4, -0.2) is 43.5 Å². The zero-order valence-electron chi connectivity index (χ0n) is 11.0. The van der Waals surface area contributed by atoms with Crippen molar-refractivity contribution in [3.05, 3.63) is 34.9 Å². The molecule has 1 aromatic carbocycles. The van der Waals surface area contributed by atoms with Gasteiger partial charge in [-0.2, -0.15) is 0 Å². The molecule has 3 nitrogen and oxygen atoms in total. The number of carbonyl (C=O) groups is 1. The molecule has 18 heavy (non-hydrogen) atoms. The number of halogens is 1. The van der Waals surface area contributed by atoms with Crippen LogP contribution in [-0.2, 0) is 4.74 Å². The third-order valence-corrected chi connectivity index (χ3v) is 2.95. The summed E-state index contributed by atoms with van der Waals surface area (Å²) >= 11 is 5.88. The van der Waals surface area contributed by atoms with Crippen LogP contribution in [0.15, 0.2) is 24.3 Å². The molecule has 0 saturated carbocycles. The third-order valence-electron chi connectivity index (χ3n) is 2.72. The summed E-state index contributed by atoms with van der Waals surface area (Å²) in [5.41, 5.74) is 0.664. The van der Waals surface area contributed by atoms with Crippen LogP contribution in [0.25, 0.3) is 0 Å². The van der Waals surface area contributed by atoms with Crippen molar-refractivity contribution in [1.29, 1.82) is 0 Å². The van der Waals surface area contributed by atoms with E-state index in [0.717, 1.165) is 13.1 Å². The highest BCUT2D eigenvalue weighted by molar-refractivity contribution is 6.31. The van der Waals surface area contributed by atoms with Gasteiger partial charge in [-0.25, -0.2) is 0 Å². The second kappa shape index (κ2) is 8.25. The average Bonchev–Trinajstić information content (AvgIpc) is 2.37. The molecule has 0 radical (unpaired) electrons. The maximum Gasteiger partial charge on any atom is 0.176 e. The highest BCUT2D eigenvalue weighted by Gasteiger charge is 2.11. The number of Topliss-reactive ketones (excluding diaryl/α,β-unsaturated/α-hetero) is 1. The van der Waals surface area contributed by atoms with Gasteiger partial charge in [-0.1, -0.05) is 30.7 Å². The topological polar surface area (TPSA) is 29.5 Å². The molecule has 1 aromatic rings. The molecule has 0 heterocycles. The number of hydrogen-bond acceptors (Lipinski definition) is 3. The standard InChI is InChI=1S/C14H20ClNO2/c1-3-16(8-9-18-4-2)11-14(17)12-6-5-7-13(15)10-12/h5-7,10H,3-4,8-9,11H2,1-2H3. The van der Waals surface area contributed by atoms with Crippen LogP contribution in [0, 0.1) is 0 Å². The van der Waals surface area contributed by atoms with Crippen molar-refractivity contribution in [3.8, 4) is 0 Å². The summed E-state index contributed by atoms with van der Waals surface area (Å²) in [4.78, 5) is 14.1. The Bertz CT molecular complexity index is 382. The Morgan fingerprint density at radius 1 is 1.39 bits per heavy atom. The van der Waals surface area contributed by atoms with Crippen molar-refractivity contribution >= 4 is 17.4 Å². The van der Waals surface area contributed by atoms with Gasteiger partial charge >= 0.3 is 0 Å². The molecule has 0 N–H and O–H groups in total. The van der Waals surface area contributed by atoms with Gasteiger partial charge in [0.05, 0.1) is 13.2 Å². The van der Waals surface area contributed by atoms with E-state index in [4.69, 9.17) is 16.3 Å². The molecule has 0 saturated heterocycles. The first kappa shape index (κ1) is 15.2. The SMILES string of the molecule is CCOCCN(CC)CC(=O)c1cccc(Cl)c1. The minimum atomic E-state index is 0.0934. The Morgan fingerprint density at radius 2 is 2.17 bits per heavy atom. The predicted molar refractivity (Wildman–Crippen MR) is 74.4 cm³/mol. The van der Waals surface area contributed by atoms with Crippen LogP contribution in [0.1, 0.15) is 24.2 Å². The summed E-state index contributed by atoms with van der Waals surface area (Å²) in [5.74, 6) is 0.0934. The Balaban J connectivity index is 2.51. The summed E-state index contributed by atoms with van der Waals surface area (Å²) in [5, 5.41) is 0.596. The predicted octanol–water partition coefficient (Wildman–Crippen LogP) is 2.88. The monoisotopic (exact) mass is 269 g/mol. The van der Waals surface area contributed by atoms with Crippen molar-refractivity contribution in [1.82, 2.24) is 4.90 Å². The van der Waals surface area contributed by atoms with Gasteiger partial charge in [0.25, 0.3) is 0 Å². The van der Waals surface area contributed by atoms with E-state index in [-0.39, 0.29) is 5.78 Å². The number of rotatable bonds is 8. The maximum absolute atomic E-state index is 12.1. The summed E-state index contributed by atoms with van der Waals surface area (Å²) in [6.07, 6.45) is 0. The van der Waals surface area contributed by atoms with Crippen LogP contribution in [0.4, 0.5) is 0 Å². The van der Waals surface area contributed by atoms with Crippen LogP contribution in [0.5, 0.6) is 0 Å². The van der Waals surface area contributed by atoms with E-state index in [1.54, 1.807) is 24.3 Å². The molecule has 0 amide bonds. The normalized spacial score (nSPS) is 10.9. The second-order valence-corrected chi connectivity index (χ2v) is 4.44. The van der Waals surface area contributed by atoms with Crippen LogP contribution < -0.4 is 0 Å². The molecule has 0 aliphatic carbocycles. The van der Waals surface area contributed by atoms with E-state index in [2.05, 4.69) is 4.90 Å². The minimum absolute atomic E-state index is 0.0934. The smallest absolute Gasteiger partial charge is 0.176 e. The molecular formula is C14H20ClNO2. The number of nitrogens with zero attached hydrogens (tertiary/aromatic N) is 1. The Hall–Kier alpha value is -0.900. The largest absolute Gasteiger partial charge is 0.380 e. The lowest BCUT2D eigenvalue weighted by molar-refractivity contribution is 0.0867. The Labute approximate surface area is 114 Å². The maximum atomic E-state index is 12.1. The third kappa shape index (κ3) is 5.17. The lowest BCUT2D eigenvalue weighted by atomic mass is 10.1. The highest BCUT2D eigenvalue weighted by Crippen LogP contribution is 2.11. The van der Waals surface area contributed by atoms with E-state index in [1.807, 2.05) is 13.8 Å². The van der Waals surface area contributed by atoms with Crippen molar-refractivity contribution in [2.45, 2.75) is 13.8 Å². The average molecular weight is 270 g/mol. The molecule has 0 aliphatic rings. The molecule has 4 heteroatoms. The van der Waals surface area contributed by atoms with Gasteiger partial charge < -0.3 is 4.74 Å². The summed E-state index contributed by atoms with van der Waals surface area (Å²) in [7, 11) is 0. The molecule has 100 valence electrons. The van der Waals surface area contributed by atoms with E-state index in [0.29, 0.717) is 30.3 Å². The fourth-order valence-electron chi connectivity index (χ4n) is 1.64. The van der Waals surface area contributed by atoms with E-state index in [9.17, 15) is 4.79 Å². The van der Waals surface area contributed by atoms with Gasteiger partial charge in [0.2, 0.25) is 0 Å². The van der Waals surface area contributed by atoms with Crippen LogP contribution in [0.2, 0.25) is 5.02 Å². The van der Waals surface area contributed by atoms with E-state index in [1.165, 1.54) is 0 Å². The Kier molecular flexibility index (Phi) is 6.94. The summed E-state index contributed by atoms with van der Waals surface area (Å²) in [6, 6.07) is 7.07. The number of ketones is 1. The van der Waals surface area contributed by atoms with E-state index < -0.39 is 0 Å². The zero-order valence-corrected chi connectivity index (χ0v) is 11.7. The van der Waals surface area contributed by atoms with Crippen molar-refractivity contribution in [3.63, 3.8) is 0 Å². The minimum Gasteiger partial charge on any atom is -0.380 e. The lowest BCUT2D eigenvalue weighted by Crippen LogP contribution is -2.32. The molecule has 0 aromatic heterocycles. The van der Waals surface area contributed by atoms with Gasteiger partial charge in [-0.05, 0) is 25.6 Å². The van der Waals surface area contributed by atoms with Gasteiger partial charge in [0, 0.05) is 23.7 Å². The van der Waals surface area contributed by atoms with Crippen molar-refractivity contribution in [2.24, 2.45) is 0 Å². The van der Waals surface area contributed by atoms with Gasteiger partial charge in [-0.15, -0.1) is 0 Å². The lowest BCUT2D eigenvalue weighted by Gasteiger charge is -2.19. The first-order valence-corrected chi connectivity index (χ1v) is 6.64. The van der Waals surface area contributed by atoms with Crippen molar-refractivity contribution in [2.75, 3.05) is 32.8 Å². The number of likely N-dealkylation sites (N-methyl/N-ethyl adjacent to an activating group) is 1. The second-order valence-electron chi connectivity index (χ2n) is 4.00. The molecule has 0 spiro atoms. The number of carbonyl (C=O) groups excluding carboxylic acids is 1. The summed E-state index contributed by atoms with van der Waals surface area (Å²) in [6.45, 7) is 7.39. The number of hydrogen-bond donors (Lipinski definition) is 0. The number of ether oxygens (including phenoxy) is 1. The van der Waals surface area contributed by atoms with Gasteiger partial charge in [-0.3, -0.25) is 9.69 Å². The van der Waals surface area contributed by atoms with Gasteiger partial charge in [0.15, 0.2) is 5.78 Å². The molecule has 0 unspecified atom stereocenters. The fraction of sp³-hybridized carbons (Fsp3) is 0.500. The number of benzene rings is 1. The molecule has 0 fully saturated rings. The summed E-state index contributed by atoms with van der Waals surface area (Å²) < 4.78 is 5.30. The fourth-order valence-corrected chi connectivity index (χ4v) is 1.83. The molecule has 0 bridgehead atoms. The van der Waals surface area contributed by atoms with Crippen molar-refractivity contribution < 1.29 is 9.53 Å². The zero-order chi connectivity index (χ0) is 13.4. The molecule has 0 atom stereocenters. The highest BCUT2D eigenvalue weighted by atomic mass is 35.5. The van der Waals surface area contributed by atoms with Crippen LogP contribution >= 0.6 is 11.6 Å².